The van der Waals surface area contributed by atoms with Crippen molar-refractivity contribution in [3.63, 3.8) is 0 Å². The van der Waals surface area contributed by atoms with Gasteiger partial charge >= 0.3 is 0 Å². The molecule has 3 rings (SSSR count). The molecule has 0 amide bonds. The van der Waals surface area contributed by atoms with Gasteiger partial charge in [0.1, 0.15) is 5.82 Å². The lowest BCUT2D eigenvalue weighted by Gasteiger charge is -2.16. The van der Waals surface area contributed by atoms with E-state index in [1.807, 2.05) is 36.2 Å². The van der Waals surface area contributed by atoms with Crippen molar-refractivity contribution >= 4 is 39.0 Å². The third-order valence-corrected chi connectivity index (χ3v) is 7.04. The predicted molar refractivity (Wildman–Crippen MR) is 93.8 cm³/mol. The molecule has 5 heteroatoms. The molecular weight excluding hydrogens is 369 g/mol. The molecule has 1 aliphatic heterocycles. The summed E-state index contributed by atoms with van der Waals surface area (Å²) in [7, 11) is 1.98. The van der Waals surface area contributed by atoms with E-state index >= 15 is 0 Å². The van der Waals surface area contributed by atoms with Crippen molar-refractivity contribution in [2.45, 2.75) is 24.6 Å². The van der Waals surface area contributed by atoms with Gasteiger partial charge in [-0.05, 0) is 64.8 Å². The van der Waals surface area contributed by atoms with Gasteiger partial charge in [0.25, 0.3) is 0 Å². The van der Waals surface area contributed by atoms with Gasteiger partial charge in [-0.1, -0.05) is 12.1 Å². The summed E-state index contributed by atoms with van der Waals surface area (Å²) >= 11 is 7.28. The first-order valence-corrected chi connectivity index (χ1v) is 9.75. The highest BCUT2D eigenvalue weighted by atomic mass is 79.9. The van der Waals surface area contributed by atoms with Crippen LogP contribution in [-0.4, -0.2) is 12.8 Å². The molecule has 1 aromatic heterocycles. The maximum atomic E-state index is 13.7. The summed E-state index contributed by atoms with van der Waals surface area (Å²) in [6, 6.07) is 7.83. The number of fused-ring (bicyclic) bond motifs is 1. The average Bonchev–Trinajstić information content (AvgIpc) is 2.92. The third kappa shape index (κ3) is 3.36. The Kier molecular flexibility index (Phi) is 5.04. The average molecular weight is 386 g/mol. The molecule has 0 saturated carbocycles. The lowest BCUT2D eigenvalue weighted by Crippen LogP contribution is -2.18. The molecule has 1 aliphatic rings. The molecule has 1 N–H and O–H groups in total. The van der Waals surface area contributed by atoms with E-state index in [-0.39, 0.29) is 11.9 Å². The van der Waals surface area contributed by atoms with Gasteiger partial charge in [-0.25, -0.2) is 4.39 Å². The zero-order chi connectivity index (χ0) is 14.8. The molecule has 1 atom stereocenters. The SMILES string of the molecule is CNC(Cc1cccc(F)c1Br)c1cc2c(s1)CCSC2. The Morgan fingerprint density at radius 2 is 2.29 bits per heavy atom. The molecule has 0 spiro atoms. The number of thioether (sulfide) groups is 1. The second kappa shape index (κ2) is 6.82. The Labute approximate surface area is 141 Å². The fourth-order valence-electron chi connectivity index (χ4n) is 2.61. The molecule has 0 fully saturated rings. The maximum Gasteiger partial charge on any atom is 0.137 e. The molecule has 0 radical (unpaired) electrons. The Morgan fingerprint density at radius 3 is 3.05 bits per heavy atom. The lowest BCUT2D eigenvalue weighted by atomic mass is 10.0. The number of halogens is 2. The van der Waals surface area contributed by atoms with E-state index in [4.69, 9.17) is 0 Å². The first kappa shape index (κ1) is 15.5. The van der Waals surface area contributed by atoms with Gasteiger partial charge in [-0.15, -0.1) is 11.3 Å². The molecule has 0 bridgehead atoms. The summed E-state index contributed by atoms with van der Waals surface area (Å²) in [6.45, 7) is 0. The van der Waals surface area contributed by atoms with E-state index < -0.39 is 0 Å². The van der Waals surface area contributed by atoms with Crippen molar-refractivity contribution in [3.8, 4) is 0 Å². The van der Waals surface area contributed by atoms with Crippen LogP contribution in [0.2, 0.25) is 0 Å². The summed E-state index contributed by atoms with van der Waals surface area (Å²) in [5, 5.41) is 3.38. The van der Waals surface area contributed by atoms with Gasteiger partial charge in [0, 0.05) is 21.5 Å². The summed E-state index contributed by atoms with van der Waals surface area (Å²) in [5.41, 5.74) is 2.50. The van der Waals surface area contributed by atoms with Gasteiger partial charge < -0.3 is 5.32 Å². The molecule has 1 unspecified atom stereocenters. The second-order valence-electron chi connectivity index (χ2n) is 5.16. The Balaban J connectivity index is 1.85. The van der Waals surface area contributed by atoms with Crippen molar-refractivity contribution in [2.75, 3.05) is 12.8 Å². The highest BCUT2D eigenvalue weighted by molar-refractivity contribution is 9.10. The lowest BCUT2D eigenvalue weighted by molar-refractivity contribution is 0.587. The normalized spacial score (nSPS) is 15.8. The Bertz CT molecular complexity index is 618. The minimum Gasteiger partial charge on any atom is -0.312 e. The molecule has 2 aromatic rings. The van der Waals surface area contributed by atoms with E-state index in [0.29, 0.717) is 4.47 Å². The Hall–Kier alpha value is -0.360. The first-order valence-electron chi connectivity index (χ1n) is 6.98. The highest BCUT2D eigenvalue weighted by Gasteiger charge is 2.20. The summed E-state index contributed by atoms with van der Waals surface area (Å²) < 4.78 is 14.2. The van der Waals surface area contributed by atoms with Crippen LogP contribution in [-0.2, 0) is 18.6 Å². The molecule has 1 nitrogen and oxygen atoms in total. The minimum absolute atomic E-state index is 0.191. The quantitative estimate of drug-likeness (QED) is 0.799. The van der Waals surface area contributed by atoms with Crippen LogP contribution in [0.4, 0.5) is 4.39 Å². The van der Waals surface area contributed by atoms with Gasteiger partial charge in [-0.3, -0.25) is 0 Å². The van der Waals surface area contributed by atoms with E-state index in [1.165, 1.54) is 33.6 Å². The number of likely N-dealkylation sites (N-methyl/N-ethyl adjacent to an activating group) is 1. The maximum absolute atomic E-state index is 13.7. The highest BCUT2D eigenvalue weighted by Crippen LogP contribution is 2.36. The minimum atomic E-state index is -0.191. The fraction of sp³-hybridized carbons (Fsp3) is 0.375. The molecule has 0 aliphatic carbocycles. The van der Waals surface area contributed by atoms with Gasteiger partial charge in [0.05, 0.1) is 4.47 Å². The van der Waals surface area contributed by atoms with E-state index in [0.717, 1.165) is 17.7 Å². The van der Waals surface area contributed by atoms with Crippen LogP contribution in [0, 0.1) is 5.82 Å². The van der Waals surface area contributed by atoms with E-state index in [2.05, 4.69) is 27.3 Å². The van der Waals surface area contributed by atoms with Crippen LogP contribution in [0.15, 0.2) is 28.7 Å². The second-order valence-corrected chi connectivity index (χ2v) is 8.22. The third-order valence-electron chi connectivity index (χ3n) is 3.79. The Morgan fingerprint density at radius 1 is 1.43 bits per heavy atom. The van der Waals surface area contributed by atoms with E-state index in [9.17, 15) is 4.39 Å². The number of aryl methyl sites for hydroxylation is 1. The molecule has 0 saturated heterocycles. The van der Waals surface area contributed by atoms with Crippen LogP contribution in [0.3, 0.4) is 0 Å². The first-order chi connectivity index (χ1) is 10.2. The monoisotopic (exact) mass is 385 g/mol. The number of thiophene rings is 1. The van der Waals surface area contributed by atoms with Gasteiger partial charge in [0.2, 0.25) is 0 Å². The molecular formula is C16H17BrFNS2. The van der Waals surface area contributed by atoms with Crippen molar-refractivity contribution < 1.29 is 4.39 Å². The standard InChI is InChI=1S/C16H17BrFNS2/c1-19-13(7-10-3-2-4-12(18)16(10)17)15-8-11-9-20-6-5-14(11)21-15/h2-4,8,13,19H,5-7,9H2,1H3. The van der Waals surface area contributed by atoms with Crippen LogP contribution >= 0.6 is 39.0 Å². The van der Waals surface area contributed by atoms with Gasteiger partial charge in [0.15, 0.2) is 0 Å². The summed E-state index contributed by atoms with van der Waals surface area (Å²) in [6.07, 6.45) is 1.98. The zero-order valence-corrected chi connectivity index (χ0v) is 15.0. The van der Waals surface area contributed by atoms with Crippen molar-refractivity contribution in [2.24, 2.45) is 0 Å². The predicted octanol–water partition coefficient (Wildman–Crippen LogP) is 4.94. The van der Waals surface area contributed by atoms with Crippen LogP contribution in [0.25, 0.3) is 0 Å². The van der Waals surface area contributed by atoms with Crippen molar-refractivity contribution in [1.29, 1.82) is 0 Å². The number of hydrogen-bond donors (Lipinski definition) is 1. The molecule has 2 heterocycles. The topological polar surface area (TPSA) is 12.0 Å². The van der Waals surface area contributed by atoms with Crippen LogP contribution in [0.5, 0.6) is 0 Å². The summed E-state index contributed by atoms with van der Waals surface area (Å²) in [5.74, 6) is 2.17. The fourth-order valence-corrected chi connectivity index (χ4v) is 5.53. The number of hydrogen-bond acceptors (Lipinski definition) is 3. The smallest absolute Gasteiger partial charge is 0.137 e. The number of nitrogens with one attached hydrogen (secondary N) is 1. The largest absolute Gasteiger partial charge is 0.312 e. The van der Waals surface area contributed by atoms with Gasteiger partial charge in [-0.2, -0.15) is 11.8 Å². The number of rotatable bonds is 4. The van der Waals surface area contributed by atoms with Crippen LogP contribution < -0.4 is 5.32 Å². The zero-order valence-electron chi connectivity index (χ0n) is 11.8. The van der Waals surface area contributed by atoms with Crippen molar-refractivity contribution in [3.05, 3.63) is 55.4 Å². The molecule has 112 valence electrons. The molecule has 21 heavy (non-hydrogen) atoms. The van der Waals surface area contributed by atoms with Crippen molar-refractivity contribution in [1.82, 2.24) is 5.32 Å². The number of benzene rings is 1. The molecule has 1 aromatic carbocycles. The van der Waals surface area contributed by atoms with Crippen LogP contribution in [0.1, 0.15) is 26.9 Å². The van der Waals surface area contributed by atoms with E-state index in [1.54, 1.807) is 6.07 Å². The summed E-state index contributed by atoms with van der Waals surface area (Å²) in [4.78, 5) is 2.89.